The summed E-state index contributed by atoms with van der Waals surface area (Å²) in [5.74, 6) is 0.0525. The summed E-state index contributed by atoms with van der Waals surface area (Å²) in [6.45, 7) is 2.04. The number of carbonyl (C=O) groups is 2. The molecule has 3 aromatic rings. The summed E-state index contributed by atoms with van der Waals surface area (Å²) in [4.78, 5) is 28.3. The highest BCUT2D eigenvalue weighted by molar-refractivity contribution is 7.08. The highest BCUT2D eigenvalue weighted by Gasteiger charge is 2.18. The first-order valence-corrected chi connectivity index (χ1v) is 9.92. The second-order valence-electron chi connectivity index (χ2n) is 6.18. The van der Waals surface area contributed by atoms with Gasteiger partial charge < -0.3 is 14.6 Å². The van der Waals surface area contributed by atoms with Crippen molar-refractivity contribution in [1.29, 1.82) is 0 Å². The number of hydrogen-bond acceptors (Lipinski definition) is 7. The molecule has 1 amide bonds. The van der Waals surface area contributed by atoms with Crippen molar-refractivity contribution < 1.29 is 18.8 Å². The van der Waals surface area contributed by atoms with Gasteiger partial charge in [-0.15, -0.1) is 0 Å². The van der Waals surface area contributed by atoms with Crippen LogP contribution in [0.2, 0.25) is 0 Å². The molecule has 0 radical (unpaired) electrons. The van der Waals surface area contributed by atoms with E-state index in [0.717, 1.165) is 17.5 Å². The lowest BCUT2D eigenvalue weighted by Crippen LogP contribution is -2.36. The largest absolute Gasteiger partial charge is 0.453 e. The Morgan fingerprint density at radius 1 is 1.21 bits per heavy atom. The van der Waals surface area contributed by atoms with Crippen molar-refractivity contribution in [3.05, 3.63) is 58.6 Å². The van der Waals surface area contributed by atoms with Crippen LogP contribution in [0.3, 0.4) is 0 Å². The zero-order chi connectivity index (χ0) is 19.8. The van der Waals surface area contributed by atoms with Crippen molar-refractivity contribution in [2.45, 2.75) is 32.3 Å². The molecule has 0 aliphatic carbocycles. The van der Waals surface area contributed by atoms with Gasteiger partial charge in [-0.2, -0.15) is 16.3 Å². The number of thiophene rings is 1. The third kappa shape index (κ3) is 5.75. The molecule has 2 heterocycles. The highest BCUT2D eigenvalue weighted by Crippen LogP contribution is 2.19. The average Bonchev–Trinajstić information content (AvgIpc) is 3.38. The monoisotopic (exact) mass is 399 g/mol. The molecule has 1 aromatic carbocycles. The van der Waals surface area contributed by atoms with Crippen molar-refractivity contribution in [1.82, 2.24) is 15.5 Å². The fraction of sp³-hybridized carbons (Fsp3) is 0.300. The van der Waals surface area contributed by atoms with E-state index in [-0.39, 0.29) is 18.7 Å². The molecule has 1 unspecified atom stereocenters. The molecule has 146 valence electrons. The number of rotatable bonds is 9. The summed E-state index contributed by atoms with van der Waals surface area (Å²) >= 11 is 1.54. The minimum absolute atomic E-state index is 0.0624. The van der Waals surface area contributed by atoms with Crippen molar-refractivity contribution in [3.8, 4) is 11.4 Å². The SMILES string of the molecule is CC(OC(=O)CCc1nc(-c2ccsc2)no1)C(=O)NCCc1ccccc1. The zero-order valence-corrected chi connectivity index (χ0v) is 16.3. The molecule has 1 atom stereocenters. The number of amides is 1. The van der Waals surface area contributed by atoms with Crippen molar-refractivity contribution in [2.24, 2.45) is 0 Å². The molecule has 1 N–H and O–H groups in total. The van der Waals surface area contributed by atoms with Gasteiger partial charge in [0.25, 0.3) is 5.91 Å². The number of esters is 1. The van der Waals surface area contributed by atoms with Crippen LogP contribution in [-0.4, -0.2) is 34.7 Å². The summed E-state index contributed by atoms with van der Waals surface area (Å²) in [6.07, 6.45) is 0.189. The van der Waals surface area contributed by atoms with Gasteiger partial charge in [-0.05, 0) is 30.4 Å². The Balaban J connectivity index is 1.37. The summed E-state index contributed by atoms with van der Waals surface area (Å²) in [5, 5.41) is 10.5. The van der Waals surface area contributed by atoms with Gasteiger partial charge in [0, 0.05) is 23.9 Å². The molecule has 0 aliphatic rings. The number of nitrogens with zero attached hydrogens (tertiary/aromatic N) is 2. The molecule has 8 heteroatoms. The Labute approximate surface area is 166 Å². The number of carbonyl (C=O) groups excluding carboxylic acids is 2. The third-order valence-electron chi connectivity index (χ3n) is 4.02. The first-order valence-electron chi connectivity index (χ1n) is 8.98. The molecule has 0 saturated heterocycles. The number of ether oxygens (including phenoxy) is 1. The lowest BCUT2D eigenvalue weighted by molar-refractivity contribution is -0.154. The number of hydrogen-bond donors (Lipinski definition) is 1. The Kier molecular flexibility index (Phi) is 6.91. The normalized spacial score (nSPS) is 11.8. The standard InChI is InChI=1S/C20H21N3O4S/c1-14(20(25)21-11-9-15-5-3-2-4-6-15)26-18(24)8-7-17-22-19(23-27-17)16-10-12-28-13-16/h2-6,10,12-14H,7-9,11H2,1H3,(H,21,25). The van der Waals surface area contributed by atoms with Crippen LogP contribution in [0, 0.1) is 0 Å². The van der Waals surface area contributed by atoms with Crippen LogP contribution in [0.15, 0.2) is 51.7 Å². The van der Waals surface area contributed by atoms with E-state index in [0.29, 0.717) is 18.3 Å². The Morgan fingerprint density at radius 2 is 2.04 bits per heavy atom. The van der Waals surface area contributed by atoms with E-state index >= 15 is 0 Å². The topological polar surface area (TPSA) is 94.3 Å². The fourth-order valence-corrected chi connectivity index (χ4v) is 3.14. The highest BCUT2D eigenvalue weighted by atomic mass is 32.1. The zero-order valence-electron chi connectivity index (χ0n) is 15.5. The van der Waals surface area contributed by atoms with E-state index in [1.54, 1.807) is 18.3 Å². The molecule has 3 rings (SSSR count). The minimum Gasteiger partial charge on any atom is -0.453 e. The second kappa shape index (κ2) is 9.80. The van der Waals surface area contributed by atoms with Gasteiger partial charge >= 0.3 is 5.97 Å². The van der Waals surface area contributed by atoms with Crippen LogP contribution >= 0.6 is 11.3 Å². The first kappa shape index (κ1) is 19.8. The van der Waals surface area contributed by atoms with Gasteiger partial charge in [0.1, 0.15) is 0 Å². The van der Waals surface area contributed by atoms with E-state index < -0.39 is 12.1 Å². The first-order chi connectivity index (χ1) is 13.6. The molecule has 28 heavy (non-hydrogen) atoms. The summed E-state index contributed by atoms with van der Waals surface area (Å²) < 4.78 is 10.3. The van der Waals surface area contributed by atoms with Crippen LogP contribution < -0.4 is 5.32 Å². The van der Waals surface area contributed by atoms with E-state index in [1.807, 2.05) is 47.2 Å². The van der Waals surface area contributed by atoms with E-state index in [1.165, 1.54) is 0 Å². The Hall–Kier alpha value is -3.00. The van der Waals surface area contributed by atoms with Crippen LogP contribution in [0.25, 0.3) is 11.4 Å². The molecule has 7 nitrogen and oxygen atoms in total. The number of aromatic nitrogens is 2. The number of aryl methyl sites for hydroxylation is 1. The molecule has 0 fully saturated rings. The second-order valence-corrected chi connectivity index (χ2v) is 6.96. The molecule has 0 saturated carbocycles. The predicted molar refractivity (Wildman–Crippen MR) is 105 cm³/mol. The predicted octanol–water partition coefficient (Wildman–Crippen LogP) is 3.02. The number of nitrogens with one attached hydrogen (secondary N) is 1. The lowest BCUT2D eigenvalue weighted by atomic mass is 10.1. The van der Waals surface area contributed by atoms with E-state index in [2.05, 4.69) is 15.5 Å². The summed E-state index contributed by atoms with van der Waals surface area (Å²) in [5.41, 5.74) is 2.01. The van der Waals surface area contributed by atoms with Gasteiger partial charge in [0.15, 0.2) is 6.10 Å². The lowest BCUT2D eigenvalue weighted by Gasteiger charge is -2.13. The number of benzene rings is 1. The fourth-order valence-electron chi connectivity index (χ4n) is 2.50. The van der Waals surface area contributed by atoms with Crippen molar-refractivity contribution in [3.63, 3.8) is 0 Å². The average molecular weight is 399 g/mol. The maximum absolute atomic E-state index is 12.0. The van der Waals surface area contributed by atoms with Crippen molar-refractivity contribution in [2.75, 3.05) is 6.54 Å². The molecule has 2 aromatic heterocycles. The van der Waals surface area contributed by atoms with Crippen LogP contribution in [0.5, 0.6) is 0 Å². The quantitative estimate of drug-likeness (QED) is 0.556. The smallest absolute Gasteiger partial charge is 0.307 e. The Morgan fingerprint density at radius 3 is 2.79 bits per heavy atom. The van der Waals surface area contributed by atoms with Crippen LogP contribution in [0.1, 0.15) is 24.8 Å². The van der Waals surface area contributed by atoms with Gasteiger partial charge in [-0.25, -0.2) is 0 Å². The third-order valence-corrected chi connectivity index (χ3v) is 4.71. The van der Waals surface area contributed by atoms with Gasteiger partial charge in [0.2, 0.25) is 11.7 Å². The Bertz CT molecular complexity index is 893. The van der Waals surface area contributed by atoms with E-state index in [9.17, 15) is 9.59 Å². The maximum Gasteiger partial charge on any atom is 0.307 e. The van der Waals surface area contributed by atoms with Crippen molar-refractivity contribution >= 4 is 23.2 Å². The molecule has 0 spiro atoms. The molecule has 0 aliphatic heterocycles. The van der Waals surface area contributed by atoms with Gasteiger partial charge in [0.05, 0.1) is 6.42 Å². The van der Waals surface area contributed by atoms with Crippen LogP contribution in [0.4, 0.5) is 0 Å². The maximum atomic E-state index is 12.0. The summed E-state index contributed by atoms with van der Waals surface area (Å²) in [7, 11) is 0. The van der Waals surface area contributed by atoms with Gasteiger partial charge in [-0.1, -0.05) is 35.5 Å². The van der Waals surface area contributed by atoms with Gasteiger partial charge in [-0.3, -0.25) is 9.59 Å². The molecular weight excluding hydrogens is 378 g/mol. The van der Waals surface area contributed by atoms with E-state index in [4.69, 9.17) is 9.26 Å². The summed E-state index contributed by atoms with van der Waals surface area (Å²) in [6, 6.07) is 11.7. The molecule has 0 bridgehead atoms. The molecular formula is C20H21N3O4S. The minimum atomic E-state index is -0.854. The van der Waals surface area contributed by atoms with Crippen LogP contribution in [-0.2, 0) is 27.2 Å².